The quantitative estimate of drug-likeness (QED) is 0.658. The fraction of sp³-hybridized carbons (Fsp3) is 0.455. The minimum Gasteiger partial charge on any atom is -0.312 e. The molecule has 2 rings (SSSR count). The average molecular weight is 340 g/mol. The van der Waals surface area contributed by atoms with Crippen LogP contribution in [0.4, 0.5) is 10.1 Å². The van der Waals surface area contributed by atoms with Crippen LogP contribution in [0.5, 0.6) is 0 Å². The van der Waals surface area contributed by atoms with E-state index in [2.05, 4.69) is 5.32 Å². The van der Waals surface area contributed by atoms with Gasteiger partial charge in [-0.05, 0) is 13.0 Å². The molecule has 10 heteroatoms. The minimum atomic E-state index is -4.22. The van der Waals surface area contributed by atoms with Crippen LogP contribution < -0.4 is 5.32 Å². The van der Waals surface area contributed by atoms with Crippen molar-refractivity contribution >= 4 is 28.1 Å². The molecule has 21 heavy (non-hydrogen) atoms. The largest absolute Gasteiger partial charge is 0.312 e. The molecule has 7 nitrogen and oxygen atoms in total. The predicted octanol–water partition coefficient (Wildman–Crippen LogP) is 1.14. The number of nitro benzene ring substituents is 1. The zero-order valence-electron chi connectivity index (χ0n) is 11.2. The molecule has 1 aromatic carbocycles. The number of nitrogens with zero attached hydrogens (tertiary/aromatic N) is 2. The first kappa shape index (κ1) is 17.8. The van der Waals surface area contributed by atoms with Crippen LogP contribution >= 0.6 is 12.4 Å². The fourth-order valence-corrected chi connectivity index (χ4v) is 3.87. The summed E-state index contributed by atoms with van der Waals surface area (Å²) in [7, 11) is -4.22. The number of nitrogens with one attached hydrogen (secondary N) is 1. The third-order valence-corrected chi connectivity index (χ3v) is 5.00. The van der Waals surface area contributed by atoms with Crippen LogP contribution in [0.25, 0.3) is 0 Å². The molecule has 0 radical (unpaired) electrons. The van der Waals surface area contributed by atoms with Crippen molar-refractivity contribution in [1.29, 1.82) is 0 Å². The van der Waals surface area contributed by atoms with Crippen molar-refractivity contribution in [3.63, 3.8) is 0 Å². The van der Waals surface area contributed by atoms with Gasteiger partial charge in [-0.15, -0.1) is 12.4 Å². The predicted molar refractivity (Wildman–Crippen MR) is 76.5 cm³/mol. The average Bonchev–Trinajstić information content (AvgIpc) is 2.38. The number of piperazine rings is 1. The maximum Gasteiger partial charge on any atom is 0.292 e. The molecule has 118 valence electrons. The third kappa shape index (κ3) is 3.49. The highest BCUT2D eigenvalue weighted by Gasteiger charge is 2.36. The van der Waals surface area contributed by atoms with Crippen molar-refractivity contribution < 1.29 is 17.7 Å². The van der Waals surface area contributed by atoms with Gasteiger partial charge in [-0.25, -0.2) is 12.8 Å². The van der Waals surface area contributed by atoms with Gasteiger partial charge in [-0.3, -0.25) is 10.1 Å². The molecule has 0 saturated carbocycles. The van der Waals surface area contributed by atoms with E-state index in [-0.39, 0.29) is 31.5 Å². The number of rotatable bonds is 3. The van der Waals surface area contributed by atoms with Crippen LogP contribution in [0.2, 0.25) is 0 Å². The van der Waals surface area contributed by atoms with Gasteiger partial charge in [0, 0.05) is 31.7 Å². The van der Waals surface area contributed by atoms with E-state index in [0.29, 0.717) is 6.54 Å². The summed E-state index contributed by atoms with van der Waals surface area (Å²) in [6, 6.07) is 2.92. The Labute approximate surface area is 127 Å². The highest BCUT2D eigenvalue weighted by atomic mass is 35.5. The first-order valence-electron chi connectivity index (χ1n) is 6.00. The van der Waals surface area contributed by atoms with Crippen molar-refractivity contribution in [1.82, 2.24) is 9.62 Å². The van der Waals surface area contributed by atoms with E-state index in [1.807, 2.05) is 0 Å². The summed E-state index contributed by atoms with van der Waals surface area (Å²) >= 11 is 0. The lowest BCUT2D eigenvalue weighted by Crippen LogP contribution is -2.51. The second kappa shape index (κ2) is 6.65. The number of benzene rings is 1. The van der Waals surface area contributed by atoms with Gasteiger partial charge in [0.1, 0.15) is 5.82 Å². The summed E-state index contributed by atoms with van der Waals surface area (Å²) in [5.41, 5.74) is -0.740. The first-order chi connectivity index (χ1) is 9.34. The Morgan fingerprint density at radius 1 is 1.48 bits per heavy atom. The summed E-state index contributed by atoms with van der Waals surface area (Å²) in [6.07, 6.45) is 0. The second-order valence-electron chi connectivity index (χ2n) is 4.56. The zero-order valence-corrected chi connectivity index (χ0v) is 12.8. The summed E-state index contributed by atoms with van der Waals surface area (Å²) in [4.78, 5) is 9.16. The molecule has 1 aliphatic heterocycles. The van der Waals surface area contributed by atoms with E-state index in [1.54, 1.807) is 6.92 Å². The van der Waals surface area contributed by atoms with Crippen molar-refractivity contribution in [2.24, 2.45) is 0 Å². The van der Waals surface area contributed by atoms with Crippen LogP contribution in [-0.2, 0) is 10.0 Å². The molecule has 0 aromatic heterocycles. The zero-order chi connectivity index (χ0) is 14.9. The van der Waals surface area contributed by atoms with Gasteiger partial charge in [0.15, 0.2) is 4.90 Å². The van der Waals surface area contributed by atoms with Gasteiger partial charge in [0.2, 0.25) is 0 Å². The van der Waals surface area contributed by atoms with Gasteiger partial charge < -0.3 is 5.32 Å². The van der Waals surface area contributed by atoms with Crippen LogP contribution in [0.1, 0.15) is 6.92 Å². The molecule has 0 spiro atoms. The topological polar surface area (TPSA) is 92.5 Å². The van der Waals surface area contributed by atoms with Crippen LogP contribution in [0.15, 0.2) is 23.1 Å². The third-order valence-electron chi connectivity index (χ3n) is 3.07. The molecule has 1 N–H and O–H groups in total. The van der Waals surface area contributed by atoms with E-state index in [9.17, 15) is 22.9 Å². The second-order valence-corrected chi connectivity index (χ2v) is 6.44. The SMILES string of the molecule is C[C@@H]1CN(S(=O)(=O)c2c(F)cccc2[N+](=O)[O-])CCN1.Cl. The van der Waals surface area contributed by atoms with Crippen LogP contribution in [0, 0.1) is 15.9 Å². The molecule has 0 aliphatic carbocycles. The lowest BCUT2D eigenvalue weighted by Gasteiger charge is -2.30. The van der Waals surface area contributed by atoms with Crippen molar-refractivity contribution in [2.75, 3.05) is 19.6 Å². The molecule has 1 saturated heterocycles. The van der Waals surface area contributed by atoms with E-state index in [0.717, 1.165) is 22.5 Å². The lowest BCUT2D eigenvalue weighted by molar-refractivity contribution is -0.388. The molecule has 0 bridgehead atoms. The van der Waals surface area contributed by atoms with Crippen LogP contribution in [0.3, 0.4) is 0 Å². The molecular formula is C11H15ClFN3O4S. The van der Waals surface area contributed by atoms with Crippen LogP contribution in [-0.4, -0.2) is 43.3 Å². The molecule has 1 atom stereocenters. The van der Waals surface area contributed by atoms with Crippen molar-refractivity contribution in [2.45, 2.75) is 17.9 Å². The number of hydrogen-bond acceptors (Lipinski definition) is 5. The first-order valence-corrected chi connectivity index (χ1v) is 7.44. The monoisotopic (exact) mass is 339 g/mol. The maximum atomic E-state index is 13.8. The maximum absolute atomic E-state index is 13.8. The summed E-state index contributed by atoms with van der Waals surface area (Å²) in [5, 5.41) is 14.0. The van der Waals surface area contributed by atoms with Gasteiger partial charge in [-0.1, -0.05) is 6.07 Å². The number of hydrogen-bond donors (Lipinski definition) is 1. The normalized spacial score (nSPS) is 19.8. The number of halogens is 2. The standard InChI is InChI=1S/C11H14FN3O4S.ClH/c1-8-7-14(6-5-13-8)20(18,19)11-9(12)3-2-4-10(11)15(16)17;/h2-4,8,13H,5-7H2,1H3;1H/t8-;/m1./s1. The summed E-state index contributed by atoms with van der Waals surface area (Å²) < 4.78 is 39.8. The Balaban J connectivity index is 0.00000220. The smallest absolute Gasteiger partial charge is 0.292 e. The van der Waals surface area contributed by atoms with E-state index in [4.69, 9.17) is 0 Å². The minimum absolute atomic E-state index is 0. The number of sulfonamides is 1. The van der Waals surface area contributed by atoms with Gasteiger partial charge in [-0.2, -0.15) is 4.31 Å². The van der Waals surface area contributed by atoms with Crippen molar-refractivity contribution in [3.8, 4) is 0 Å². The Hall–Kier alpha value is -1.29. The highest BCUT2D eigenvalue weighted by Crippen LogP contribution is 2.29. The Morgan fingerprint density at radius 3 is 2.71 bits per heavy atom. The van der Waals surface area contributed by atoms with Gasteiger partial charge in [0.25, 0.3) is 15.7 Å². The highest BCUT2D eigenvalue weighted by molar-refractivity contribution is 7.89. The Kier molecular flexibility index (Phi) is 5.62. The lowest BCUT2D eigenvalue weighted by atomic mass is 10.3. The molecule has 1 heterocycles. The number of nitro groups is 1. The summed E-state index contributed by atoms with van der Waals surface area (Å²) in [6.45, 7) is 2.51. The summed E-state index contributed by atoms with van der Waals surface area (Å²) in [5.74, 6) is -1.11. The Morgan fingerprint density at radius 2 is 2.14 bits per heavy atom. The van der Waals surface area contributed by atoms with E-state index >= 15 is 0 Å². The van der Waals surface area contributed by atoms with Gasteiger partial charge in [0.05, 0.1) is 4.92 Å². The molecule has 1 aromatic rings. The fourth-order valence-electron chi connectivity index (χ4n) is 2.14. The molecule has 1 aliphatic rings. The molecule has 1 fully saturated rings. The van der Waals surface area contributed by atoms with Gasteiger partial charge >= 0.3 is 0 Å². The molecule has 0 amide bonds. The van der Waals surface area contributed by atoms with E-state index < -0.39 is 31.3 Å². The Bertz CT molecular complexity index is 640. The van der Waals surface area contributed by atoms with E-state index in [1.165, 1.54) is 0 Å². The van der Waals surface area contributed by atoms with Crippen molar-refractivity contribution in [3.05, 3.63) is 34.1 Å². The molecule has 0 unspecified atom stereocenters. The molecular weight excluding hydrogens is 325 g/mol.